The van der Waals surface area contributed by atoms with Crippen LogP contribution >= 0.6 is 11.3 Å². The van der Waals surface area contributed by atoms with Crippen molar-refractivity contribution < 1.29 is 14.7 Å². The molecule has 0 fully saturated rings. The summed E-state index contributed by atoms with van der Waals surface area (Å²) in [6, 6.07) is 1.24. The molecule has 23 heavy (non-hydrogen) atoms. The van der Waals surface area contributed by atoms with E-state index in [4.69, 9.17) is 0 Å². The van der Waals surface area contributed by atoms with Crippen LogP contribution in [0.4, 0.5) is 0 Å². The van der Waals surface area contributed by atoms with Crippen LogP contribution in [-0.2, 0) is 15.2 Å². The molecule has 1 aromatic rings. The molecular formula is C17H28N2O3S. The Kier molecular flexibility index (Phi) is 7.22. The molecule has 0 saturated carbocycles. The standard InChI is InChI=1S/C17H28N2O3S/c1-11(2)8-14(20)19-15(12(3)4)16(21)18-10-17(5,22)13-6-7-23-9-13/h6-7,9,11-12,15,22H,8,10H2,1-5H3,(H,18,21)(H,19,20). The molecule has 2 atom stereocenters. The smallest absolute Gasteiger partial charge is 0.242 e. The molecule has 0 saturated heterocycles. The molecule has 5 nitrogen and oxygen atoms in total. The highest BCUT2D eigenvalue weighted by atomic mass is 32.1. The van der Waals surface area contributed by atoms with Gasteiger partial charge in [-0.1, -0.05) is 27.7 Å². The van der Waals surface area contributed by atoms with Crippen LogP contribution in [0.1, 0.15) is 46.6 Å². The van der Waals surface area contributed by atoms with E-state index >= 15 is 0 Å². The lowest BCUT2D eigenvalue weighted by Gasteiger charge is -2.26. The van der Waals surface area contributed by atoms with Crippen LogP contribution in [-0.4, -0.2) is 29.5 Å². The minimum absolute atomic E-state index is 0.0304. The highest BCUT2D eigenvalue weighted by Crippen LogP contribution is 2.22. The summed E-state index contributed by atoms with van der Waals surface area (Å²) in [5.74, 6) is -0.187. The first kappa shape index (κ1) is 19.6. The van der Waals surface area contributed by atoms with Crippen molar-refractivity contribution >= 4 is 23.2 Å². The maximum atomic E-state index is 12.4. The molecule has 3 N–H and O–H groups in total. The molecule has 2 unspecified atom stereocenters. The maximum absolute atomic E-state index is 12.4. The Hall–Kier alpha value is -1.40. The Labute approximate surface area is 142 Å². The molecular weight excluding hydrogens is 312 g/mol. The summed E-state index contributed by atoms with van der Waals surface area (Å²) in [5.41, 5.74) is -0.355. The minimum atomic E-state index is -1.13. The van der Waals surface area contributed by atoms with Crippen molar-refractivity contribution in [3.8, 4) is 0 Å². The van der Waals surface area contributed by atoms with Crippen molar-refractivity contribution in [3.05, 3.63) is 22.4 Å². The molecule has 130 valence electrons. The zero-order valence-electron chi connectivity index (χ0n) is 14.6. The quantitative estimate of drug-likeness (QED) is 0.679. The lowest BCUT2D eigenvalue weighted by molar-refractivity contribution is -0.131. The number of amides is 2. The number of rotatable bonds is 8. The van der Waals surface area contributed by atoms with Gasteiger partial charge in [0, 0.05) is 6.42 Å². The second-order valence-corrected chi connectivity index (χ2v) is 7.67. The van der Waals surface area contributed by atoms with Crippen LogP contribution < -0.4 is 10.6 Å². The van der Waals surface area contributed by atoms with E-state index in [1.165, 1.54) is 11.3 Å². The SMILES string of the molecule is CC(C)CC(=O)NC(C(=O)NCC(C)(O)c1ccsc1)C(C)C. The molecule has 0 aliphatic rings. The number of carbonyl (C=O) groups excluding carboxylic acids is 2. The summed E-state index contributed by atoms with van der Waals surface area (Å²) in [5, 5.41) is 19.7. The van der Waals surface area contributed by atoms with Gasteiger partial charge in [-0.2, -0.15) is 11.3 Å². The minimum Gasteiger partial charge on any atom is -0.384 e. The van der Waals surface area contributed by atoms with Gasteiger partial charge in [-0.15, -0.1) is 0 Å². The topological polar surface area (TPSA) is 78.4 Å². The first-order valence-corrected chi connectivity index (χ1v) is 8.90. The van der Waals surface area contributed by atoms with Gasteiger partial charge in [-0.05, 0) is 41.1 Å². The van der Waals surface area contributed by atoms with Gasteiger partial charge in [-0.3, -0.25) is 9.59 Å². The number of hydrogen-bond donors (Lipinski definition) is 3. The highest BCUT2D eigenvalue weighted by Gasteiger charge is 2.28. The van der Waals surface area contributed by atoms with Crippen molar-refractivity contribution in [1.82, 2.24) is 10.6 Å². The van der Waals surface area contributed by atoms with Gasteiger partial charge in [0.15, 0.2) is 0 Å². The molecule has 0 aliphatic carbocycles. The lowest BCUT2D eigenvalue weighted by atomic mass is 9.98. The predicted molar refractivity (Wildman–Crippen MR) is 93.1 cm³/mol. The van der Waals surface area contributed by atoms with E-state index in [9.17, 15) is 14.7 Å². The van der Waals surface area contributed by atoms with Crippen molar-refractivity contribution in [2.75, 3.05) is 6.54 Å². The van der Waals surface area contributed by atoms with Gasteiger partial charge in [0.25, 0.3) is 0 Å². The van der Waals surface area contributed by atoms with Crippen molar-refractivity contribution in [1.29, 1.82) is 0 Å². The van der Waals surface area contributed by atoms with Gasteiger partial charge in [0.05, 0.1) is 6.54 Å². The largest absolute Gasteiger partial charge is 0.384 e. The van der Waals surface area contributed by atoms with Crippen molar-refractivity contribution in [3.63, 3.8) is 0 Å². The van der Waals surface area contributed by atoms with Gasteiger partial charge in [-0.25, -0.2) is 0 Å². The Morgan fingerprint density at radius 2 is 1.96 bits per heavy atom. The second-order valence-electron chi connectivity index (χ2n) is 6.89. The van der Waals surface area contributed by atoms with E-state index in [1.54, 1.807) is 6.92 Å². The van der Waals surface area contributed by atoms with E-state index in [1.807, 2.05) is 44.5 Å². The van der Waals surface area contributed by atoms with Gasteiger partial charge in [0.1, 0.15) is 11.6 Å². The average Bonchev–Trinajstić information content (AvgIpc) is 2.96. The second kappa shape index (κ2) is 8.45. The van der Waals surface area contributed by atoms with Crippen molar-refractivity contribution in [2.45, 2.75) is 52.7 Å². The van der Waals surface area contributed by atoms with E-state index in [0.717, 1.165) is 5.56 Å². The predicted octanol–water partition coefficient (Wildman–Crippen LogP) is 2.26. The van der Waals surface area contributed by atoms with Gasteiger partial charge < -0.3 is 15.7 Å². The summed E-state index contributed by atoms with van der Waals surface area (Å²) in [6.07, 6.45) is 0.392. The Morgan fingerprint density at radius 3 is 2.43 bits per heavy atom. The zero-order valence-corrected chi connectivity index (χ0v) is 15.4. The van der Waals surface area contributed by atoms with E-state index in [2.05, 4.69) is 10.6 Å². The molecule has 0 bridgehead atoms. The van der Waals surface area contributed by atoms with Crippen LogP contribution in [0.3, 0.4) is 0 Å². The lowest BCUT2D eigenvalue weighted by Crippen LogP contribution is -2.52. The number of thiophene rings is 1. The Morgan fingerprint density at radius 1 is 1.30 bits per heavy atom. The summed E-state index contributed by atoms with van der Waals surface area (Å²) in [4.78, 5) is 24.3. The fourth-order valence-corrected chi connectivity index (χ4v) is 2.96. The Bertz CT molecular complexity index is 510. The molecule has 1 rings (SSSR count). The van der Waals surface area contributed by atoms with Crippen molar-refractivity contribution in [2.24, 2.45) is 11.8 Å². The summed E-state index contributed by atoms with van der Waals surface area (Å²) < 4.78 is 0. The molecule has 0 aliphatic heterocycles. The maximum Gasteiger partial charge on any atom is 0.242 e. The average molecular weight is 340 g/mol. The number of carbonyl (C=O) groups is 2. The monoisotopic (exact) mass is 340 g/mol. The molecule has 0 spiro atoms. The molecule has 6 heteroatoms. The normalized spacial score (nSPS) is 15.3. The summed E-state index contributed by atoms with van der Waals surface area (Å²) in [7, 11) is 0. The first-order chi connectivity index (χ1) is 10.6. The van der Waals surface area contributed by atoms with Gasteiger partial charge >= 0.3 is 0 Å². The van der Waals surface area contributed by atoms with E-state index in [0.29, 0.717) is 6.42 Å². The van der Waals surface area contributed by atoms with E-state index in [-0.39, 0.29) is 30.2 Å². The Balaban J connectivity index is 2.63. The summed E-state index contributed by atoms with van der Waals surface area (Å²) >= 11 is 1.50. The zero-order chi connectivity index (χ0) is 17.6. The number of nitrogens with one attached hydrogen (secondary N) is 2. The molecule has 1 heterocycles. The fourth-order valence-electron chi connectivity index (χ4n) is 2.18. The molecule has 1 aromatic heterocycles. The van der Waals surface area contributed by atoms with Crippen LogP contribution in [0.15, 0.2) is 16.8 Å². The van der Waals surface area contributed by atoms with Crippen LogP contribution in [0.5, 0.6) is 0 Å². The third-order valence-electron chi connectivity index (χ3n) is 3.61. The molecule has 0 radical (unpaired) electrons. The summed E-state index contributed by atoms with van der Waals surface area (Å²) in [6.45, 7) is 9.46. The molecule has 2 amide bonds. The number of hydrogen-bond acceptors (Lipinski definition) is 4. The highest BCUT2D eigenvalue weighted by molar-refractivity contribution is 7.08. The first-order valence-electron chi connectivity index (χ1n) is 7.95. The van der Waals surface area contributed by atoms with Crippen LogP contribution in [0.2, 0.25) is 0 Å². The third kappa shape index (κ3) is 6.31. The van der Waals surface area contributed by atoms with Crippen LogP contribution in [0, 0.1) is 11.8 Å². The fraction of sp³-hybridized carbons (Fsp3) is 0.647. The number of aliphatic hydroxyl groups is 1. The third-order valence-corrected chi connectivity index (χ3v) is 4.29. The van der Waals surface area contributed by atoms with Gasteiger partial charge in [0.2, 0.25) is 11.8 Å². The molecule has 0 aromatic carbocycles. The van der Waals surface area contributed by atoms with E-state index < -0.39 is 11.6 Å². The van der Waals surface area contributed by atoms with Crippen LogP contribution in [0.25, 0.3) is 0 Å².